The van der Waals surface area contributed by atoms with Crippen LogP contribution in [0.4, 0.5) is 0 Å². The summed E-state index contributed by atoms with van der Waals surface area (Å²) in [7, 11) is 0. The van der Waals surface area contributed by atoms with Crippen LogP contribution in [0, 0.1) is 28.6 Å². The number of esters is 1. The zero-order valence-electron chi connectivity index (χ0n) is 15.1. The van der Waals surface area contributed by atoms with Gasteiger partial charge in [0.25, 0.3) is 0 Å². The van der Waals surface area contributed by atoms with E-state index in [1.807, 2.05) is 0 Å². The molecule has 0 aromatic carbocycles. The first kappa shape index (κ1) is 16.6. The second kappa shape index (κ2) is 4.29. The van der Waals surface area contributed by atoms with Crippen molar-refractivity contribution in [1.29, 1.82) is 0 Å². The molecule has 2 bridgehead atoms. The lowest BCUT2D eigenvalue weighted by molar-refractivity contribution is -0.181. The third-order valence-corrected chi connectivity index (χ3v) is 7.99. The number of Topliss-reactive ketones (excluding diaryl/α,β-unsaturated/α-hetero) is 1. The molecule has 26 heavy (non-hydrogen) atoms. The monoisotopic (exact) mass is 362 g/mol. The van der Waals surface area contributed by atoms with E-state index in [4.69, 9.17) is 9.47 Å². The Hall–Kier alpha value is -1.57. The lowest BCUT2D eigenvalue weighted by Gasteiger charge is -2.59. The fraction of sp³-hybridized carbons (Fsp3) is 0.737. The third kappa shape index (κ3) is 1.41. The summed E-state index contributed by atoms with van der Waals surface area (Å²) in [6.45, 7) is 6.88. The van der Waals surface area contributed by atoms with Crippen molar-refractivity contribution in [3.8, 4) is 0 Å². The predicted molar refractivity (Wildman–Crippen MR) is 85.6 cm³/mol. The van der Waals surface area contributed by atoms with Gasteiger partial charge in [-0.3, -0.25) is 14.4 Å². The van der Waals surface area contributed by atoms with Crippen LogP contribution in [0.3, 0.4) is 0 Å². The Morgan fingerprint density at radius 3 is 2.38 bits per heavy atom. The summed E-state index contributed by atoms with van der Waals surface area (Å²) in [5.74, 6) is -3.06. The van der Waals surface area contributed by atoms with E-state index in [0.717, 1.165) is 0 Å². The van der Waals surface area contributed by atoms with Crippen LogP contribution in [-0.2, 0) is 23.9 Å². The highest BCUT2D eigenvalue weighted by atomic mass is 16.6. The Morgan fingerprint density at radius 2 is 1.73 bits per heavy atom. The average Bonchev–Trinajstić information content (AvgIpc) is 3.18. The Balaban J connectivity index is 1.79. The topological polar surface area (TPSA) is 113 Å². The van der Waals surface area contributed by atoms with Gasteiger partial charge in [0.15, 0.2) is 17.7 Å². The summed E-state index contributed by atoms with van der Waals surface area (Å²) in [4.78, 5) is 38.4. The molecular weight excluding hydrogens is 340 g/mol. The van der Waals surface area contributed by atoms with Crippen molar-refractivity contribution in [2.24, 2.45) is 28.6 Å². The molecule has 0 spiro atoms. The summed E-state index contributed by atoms with van der Waals surface area (Å²) in [5.41, 5.74) is -2.85. The highest BCUT2D eigenvalue weighted by Gasteiger charge is 2.79. The minimum absolute atomic E-state index is 0.278. The highest BCUT2D eigenvalue weighted by Crippen LogP contribution is 2.69. The molecule has 0 aromatic heterocycles. The summed E-state index contributed by atoms with van der Waals surface area (Å²) < 4.78 is 11.0. The quantitative estimate of drug-likeness (QED) is 0.452. The van der Waals surface area contributed by atoms with Gasteiger partial charge in [0.05, 0.1) is 17.4 Å². The molecule has 140 valence electrons. The summed E-state index contributed by atoms with van der Waals surface area (Å²) >= 11 is 0. The van der Waals surface area contributed by atoms with Crippen LogP contribution in [0.5, 0.6) is 0 Å². The van der Waals surface area contributed by atoms with E-state index in [1.54, 1.807) is 27.7 Å². The van der Waals surface area contributed by atoms with Gasteiger partial charge in [0.2, 0.25) is 0 Å². The smallest absolute Gasteiger partial charge is 0.310 e. The molecule has 7 heteroatoms. The van der Waals surface area contributed by atoms with Gasteiger partial charge in [0.1, 0.15) is 17.8 Å². The number of ether oxygens (including phenoxy) is 2. The number of fused-ring (bicyclic) bond motifs is 8. The summed E-state index contributed by atoms with van der Waals surface area (Å²) in [5, 5.41) is 22.0. The van der Waals surface area contributed by atoms with Crippen molar-refractivity contribution >= 4 is 17.5 Å². The van der Waals surface area contributed by atoms with Gasteiger partial charge in [-0.25, -0.2) is 0 Å². The zero-order valence-corrected chi connectivity index (χ0v) is 15.1. The lowest BCUT2D eigenvalue weighted by atomic mass is 9.42. The van der Waals surface area contributed by atoms with Crippen molar-refractivity contribution in [3.63, 3.8) is 0 Å². The fourth-order valence-corrected chi connectivity index (χ4v) is 6.70. The Bertz CT molecular complexity index is 817. The first-order valence-corrected chi connectivity index (χ1v) is 9.06. The van der Waals surface area contributed by atoms with Crippen molar-refractivity contribution in [1.82, 2.24) is 0 Å². The molecule has 2 saturated carbocycles. The third-order valence-electron chi connectivity index (χ3n) is 7.99. The first-order valence-electron chi connectivity index (χ1n) is 9.06. The van der Waals surface area contributed by atoms with Gasteiger partial charge in [0, 0.05) is 17.3 Å². The van der Waals surface area contributed by atoms with Crippen LogP contribution in [0.1, 0.15) is 27.7 Å². The first-order chi connectivity index (χ1) is 12.0. The van der Waals surface area contributed by atoms with Gasteiger partial charge in [-0.2, -0.15) is 0 Å². The number of hydrogen-bond acceptors (Lipinski definition) is 7. The minimum atomic E-state index is -1.41. The molecule has 2 N–H and O–H groups in total. The van der Waals surface area contributed by atoms with Crippen molar-refractivity contribution < 1.29 is 34.1 Å². The number of carbonyl (C=O) groups is 3. The molecular formula is C19H22O7. The van der Waals surface area contributed by atoms with E-state index in [1.165, 1.54) is 6.08 Å². The molecule has 3 aliphatic carbocycles. The predicted octanol–water partition coefficient (Wildman–Crippen LogP) is -0.222. The largest absolute Gasteiger partial charge is 0.459 e. The zero-order chi connectivity index (χ0) is 19.0. The van der Waals surface area contributed by atoms with Crippen LogP contribution in [-0.4, -0.2) is 57.8 Å². The average molecular weight is 362 g/mol. The Kier molecular flexibility index (Phi) is 2.74. The second-order valence-corrected chi connectivity index (χ2v) is 9.10. The summed E-state index contributed by atoms with van der Waals surface area (Å²) in [6, 6.07) is 0. The highest BCUT2D eigenvalue weighted by molar-refractivity contribution is 6.04. The minimum Gasteiger partial charge on any atom is -0.459 e. The fourth-order valence-electron chi connectivity index (χ4n) is 6.70. The molecule has 0 aromatic rings. The maximum Gasteiger partial charge on any atom is 0.310 e. The van der Waals surface area contributed by atoms with Gasteiger partial charge in [-0.1, -0.05) is 20.8 Å². The second-order valence-electron chi connectivity index (χ2n) is 9.10. The van der Waals surface area contributed by atoms with E-state index in [9.17, 15) is 24.6 Å². The van der Waals surface area contributed by atoms with Gasteiger partial charge >= 0.3 is 5.97 Å². The number of ketones is 2. The molecule has 2 aliphatic heterocycles. The van der Waals surface area contributed by atoms with Crippen LogP contribution in [0.25, 0.3) is 0 Å². The molecule has 0 amide bonds. The van der Waals surface area contributed by atoms with E-state index < -0.39 is 64.4 Å². The number of rotatable bonds is 0. The standard InChI is InChI=1S/C19H22O7/c1-6-9-16(24)25-12(6)10(21)13-17(2)7(5-8(20)18(9,13)3)19(4)15(26-19)11(22)14(17)23/h5-6,9-10,12-15,21,23H,1-4H3/t6-,9-,10+,12-,13-,14-,15+,17+,18+,19-/m0/s1. The normalized spacial score (nSPS) is 59.8. The maximum absolute atomic E-state index is 13.2. The SMILES string of the molecule is C[C@@H]1[C@@H]2OC(=O)[C@H]1[C@@]1(C)C(=O)C=C3[C@](C)([C@@H]1[C@@H]2O)[C@@H](O)C(=O)[C@H]1O[C@@]31C. The molecule has 2 saturated heterocycles. The van der Waals surface area contributed by atoms with Crippen LogP contribution < -0.4 is 0 Å². The van der Waals surface area contributed by atoms with Crippen molar-refractivity contribution in [2.45, 2.75) is 57.7 Å². The molecule has 5 rings (SSSR count). The van der Waals surface area contributed by atoms with E-state index in [0.29, 0.717) is 5.57 Å². The molecule has 4 fully saturated rings. The van der Waals surface area contributed by atoms with Crippen LogP contribution >= 0.6 is 0 Å². The number of epoxide rings is 1. The van der Waals surface area contributed by atoms with E-state index in [2.05, 4.69) is 0 Å². The molecule has 7 nitrogen and oxygen atoms in total. The molecule has 5 aliphatic rings. The number of aliphatic hydroxyl groups is 2. The van der Waals surface area contributed by atoms with Gasteiger partial charge < -0.3 is 19.7 Å². The number of carbonyl (C=O) groups excluding carboxylic acids is 3. The van der Waals surface area contributed by atoms with Crippen molar-refractivity contribution in [2.75, 3.05) is 0 Å². The van der Waals surface area contributed by atoms with E-state index in [-0.39, 0.29) is 11.7 Å². The van der Waals surface area contributed by atoms with Crippen LogP contribution in [0.2, 0.25) is 0 Å². The molecule has 2 heterocycles. The lowest BCUT2D eigenvalue weighted by Crippen LogP contribution is -2.69. The Labute approximate surface area is 150 Å². The Morgan fingerprint density at radius 1 is 1.08 bits per heavy atom. The summed E-state index contributed by atoms with van der Waals surface area (Å²) in [6.07, 6.45) is -2.64. The van der Waals surface area contributed by atoms with Crippen molar-refractivity contribution in [3.05, 3.63) is 11.6 Å². The number of allylic oxidation sites excluding steroid dienone is 1. The molecule has 10 atom stereocenters. The van der Waals surface area contributed by atoms with Gasteiger partial charge in [-0.15, -0.1) is 0 Å². The molecule has 0 radical (unpaired) electrons. The number of aliphatic hydroxyl groups excluding tert-OH is 2. The van der Waals surface area contributed by atoms with E-state index >= 15 is 0 Å². The maximum atomic E-state index is 13.2. The number of hydrogen-bond donors (Lipinski definition) is 2. The molecule has 0 unspecified atom stereocenters. The van der Waals surface area contributed by atoms with Gasteiger partial charge in [-0.05, 0) is 18.6 Å². The van der Waals surface area contributed by atoms with Crippen LogP contribution in [0.15, 0.2) is 11.6 Å².